The van der Waals surface area contributed by atoms with Crippen LogP contribution >= 0.6 is 0 Å². The molecule has 27 heavy (non-hydrogen) atoms. The summed E-state index contributed by atoms with van der Waals surface area (Å²) in [5.74, 6) is 0.823. The van der Waals surface area contributed by atoms with E-state index in [0.717, 1.165) is 50.5 Å². The van der Waals surface area contributed by atoms with Crippen LogP contribution in [0.2, 0.25) is 0 Å². The van der Waals surface area contributed by atoms with Gasteiger partial charge in [-0.1, -0.05) is 42.5 Å². The SMILES string of the molecule is COc1ccc(C(C)NC(=O)N2CCN(CCc3ccccc3)CC2)cc1. The van der Waals surface area contributed by atoms with Crippen molar-refractivity contribution in [2.45, 2.75) is 19.4 Å². The minimum atomic E-state index is -0.0282. The molecule has 144 valence electrons. The summed E-state index contributed by atoms with van der Waals surface area (Å²) in [6.07, 6.45) is 1.06. The van der Waals surface area contributed by atoms with Gasteiger partial charge in [0.1, 0.15) is 5.75 Å². The van der Waals surface area contributed by atoms with Gasteiger partial charge >= 0.3 is 6.03 Å². The zero-order chi connectivity index (χ0) is 19.1. The van der Waals surface area contributed by atoms with Crippen LogP contribution in [0.5, 0.6) is 5.75 Å². The van der Waals surface area contributed by atoms with Crippen molar-refractivity contribution in [1.82, 2.24) is 15.1 Å². The molecule has 5 nitrogen and oxygen atoms in total. The zero-order valence-corrected chi connectivity index (χ0v) is 16.2. The summed E-state index contributed by atoms with van der Waals surface area (Å²) < 4.78 is 5.18. The molecule has 1 fully saturated rings. The van der Waals surface area contributed by atoms with Crippen molar-refractivity contribution in [3.8, 4) is 5.75 Å². The smallest absolute Gasteiger partial charge is 0.317 e. The summed E-state index contributed by atoms with van der Waals surface area (Å²) in [7, 11) is 1.65. The summed E-state index contributed by atoms with van der Waals surface area (Å²) in [5.41, 5.74) is 2.44. The molecule has 3 rings (SSSR count). The van der Waals surface area contributed by atoms with Crippen molar-refractivity contribution < 1.29 is 9.53 Å². The van der Waals surface area contributed by atoms with Gasteiger partial charge in [-0.2, -0.15) is 0 Å². The Morgan fingerprint density at radius 3 is 2.33 bits per heavy atom. The van der Waals surface area contributed by atoms with Crippen molar-refractivity contribution in [2.75, 3.05) is 39.8 Å². The highest BCUT2D eigenvalue weighted by molar-refractivity contribution is 5.74. The van der Waals surface area contributed by atoms with Crippen molar-refractivity contribution >= 4 is 6.03 Å². The maximum atomic E-state index is 12.6. The van der Waals surface area contributed by atoms with E-state index in [1.807, 2.05) is 42.2 Å². The molecule has 1 heterocycles. The van der Waals surface area contributed by atoms with E-state index in [1.54, 1.807) is 7.11 Å². The second-order valence-electron chi connectivity index (χ2n) is 7.01. The van der Waals surface area contributed by atoms with Gasteiger partial charge in [-0.3, -0.25) is 4.90 Å². The quantitative estimate of drug-likeness (QED) is 0.852. The fourth-order valence-corrected chi connectivity index (χ4v) is 3.36. The summed E-state index contributed by atoms with van der Waals surface area (Å²) in [4.78, 5) is 16.9. The Bertz CT molecular complexity index is 710. The molecule has 0 aromatic heterocycles. The van der Waals surface area contributed by atoms with E-state index in [9.17, 15) is 4.79 Å². The molecular weight excluding hydrogens is 338 g/mol. The first-order valence-electron chi connectivity index (χ1n) is 9.61. The van der Waals surface area contributed by atoms with Crippen molar-refractivity contribution in [2.24, 2.45) is 0 Å². The molecule has 0 spiro atoms. The van der Waals surface area contributed by atoms with E-state index < -0.39 is 0 Å². The van der Waals surface area contributed by atoms with Crippen molar-refractivity contribution in [1.29, 1.82) is 0 Å². The number of hydrogen-bond donors (Lipinski definition) is 1. The van der Waals surface area contributed by atoms with Crippen molar-refractivity contribution in [3.63, 3.8) is 0 Å². The third-order valence-electron chi connectivity index (χ3n) is 5.17. The third-order valence-corrected chi connectivity index (χ3v) is 5.17. The first kappa shape index (κ1) is 19.2. The predicted molar refractivity (Wildman–Crippen MR) is 108 cm³/mol. The first-order valence-corrected chi connectivity index (χ1v) is 9.61. The van der Waals surface area contributed by atoms with Crippen LogP contribution in [0, 0.1) is 0 Å². The highest BCUT2D eigenvalue weighted by atomic mass is 16.5. The van der Waals surface area contributed by atoms with Gasteiger partial charge in [0.15, 0.2) is 0 Å². The van der Waals surface area contributed by atoms with Gasteiger partial charge in [-0.05, 0) is 36.6 Å². The van der Waals surface area contributed by atoms with Crippen LogP contribution < -0.4 is 10.1 Å². The maximum absolute atomic E-state index is 12.6. The van der Waals surface area contributed by atoms with Gasteiger partial charge in [0.05, 0.1) is 13.2 Å². The van der Waals surface area contributed by atoms with Gasteiger partial charge in [0.25, 0.3) is 0 Å². The first-order chi connectivity index (χ1) is 13.2. The lowest BCUT2D eigenvalue weighted by molar-refractivity contribution is 0.138. The number of rotatable bonds is 6. The molecule has 2 aromatic carbocycles. The Hall–Kier alpha value is -2.53. The number of nitrogens with zero attached hydrogens (tertiary/aromatic N) is 2. The molecule has 1 atom stereocenters. The van der Waals surface area contributed by atoms with E-state index in [1.165, 1.54) is 5.56 Å². The van der Waals surface area contributed by atoms with Crippen LogP contribution in [0.1, 0.15) is 24.1 Å². The molecule has 5 heteroatoms. The van der Waals surface area contributed by atoms with Gasteiger partial charge < -0.3 is 15.0 Å². The fraction of sp³-hybridized carbons (Fsp3) is 0.409. The second kappa shape index (κ2) is 9.42. The molecule has 1 aliphatic rings. The van der Waals surface area contributed by atoms with Crippen LogP contribution in [0.25, 0.3) is 0 Å². The van der Waals surface area contributed by atoms with E-state index in [4.69, 9.17) is 4.74 Å². The fourth-order valence-electron chi connectivity index (χ4n) is 3.36. The minimum Gasteiger partial charge on any atom is -0.497 e. The lowest BCUT2D eigenvalue weighted by Gasteiger charge is -2.35. The topological polar surface area (TPSA) is 44.8 Å². The molecule has 1 unspecified atom stereocenters. The third kappa shape index (κ3) is 5.47. The number of methoxy groups -OCH3 is 1. The van der Waals surface area contributed by atoms with Gasteiger partial charge in [0, 0.05) is 32.7 Å². The summed E-state index contributed by atoms with van der Waals surface area (Å²) >= 11 is 0. The highest BCUT2D eigenvalue weighted by Crippen LogP contribution is 2.17. The Morgan fingerprint density at radius 2 is 1.70 bits per heavy atom. The van der Waals surface area contributed by atoms with Gasteiger partial charge in [-0.25, -0.2) is 4.79 Å². The summed E-state index contributed by atoms with van der Waals surface area (Å²) in [5, 5.41) is 3.10. The molecule has 0 radical (unpaired) electrons. The number of nitrogens with one attached hydrogen (secondary N) is 1. The number of benzene rings is 2. The Morgan fingerprint density at radius 1 is 1.04 bits per heavy atom. The minimum absolute atomic E-state index is 0.0148. The Balaban J connectivity index is 1.42. The predicted octanol–water partition coefficient (Wildman–Crippen LogP) is 3.33. The second-order valence-corrected chi connectivity index (χ2v) is 7.01. The van der Waals surface area contributed by atoms with Crippen LogP contribution in [-0.4, -0.2) is 55.7 Å². The molecule has 2 aromatic rings. The highest BCUT2D eigenvalue weighted by Gasteiger charge is 2.22. The van der Waals surface area contributed by atoms with Crippen LogP contribution in [0.4, 0.5) is 4.79 Å². The van der Waals surface area contributed by atoms with Crippen LogP contribution in [-0.2, 0) is 6.42 Å². The molecule has 1 N–H and O–H groups in total. The number of amides is 2. The average molecular weight is 367 g/mol. The normalized spacial score (nSPS) is 16.0. The lowest BCUT2D eigenvalue weighted by Crippen LogP contribution is -2.52. The molecule has 1 saturated heterocycles. The number of carbonyl (C=O) groups excluding carboxylic acids is 1. The maximum Gasteiger partial charge on any atom is 0.317 e. The number of urea groups is 1. The van der Waals surface area contributed by atoms with Crippen LogP contribution in [0.15, 0.2) is 54.6 Å². The average Bonchev–Trinajstić information content (AvgIpc) is 2.73. The molecule has 0 saturated carbocycles. The number of piperazine rings is 1. The van der Waals surface area contributed by atoms with E-state index in [2.05, 4.69) is 34.5 Å². The largest absolute Gasteiger partial charge is 0.497 e. The molecule has 0 aliphatic carbocycles. The zero-order valence-electron chi connectivity index (χ0n) is 16.2. The number of ether oxygens (including phenoxy) is 1. The number of hydrogen-bond acceptors (Lipinski definition) is 3. The molecular formula is C22H29N3O2. The number of carbonyl (C=O) groups is 1. The Kier molecular flexibility index (Phi) is 6.71. The summed E-state index contributed by atoms with van der Waals surface area (Å²) in [6, 6.07) is 18.4. The Labute approximate surface area is 161 Å². The van der Waals surface area contributed by atoms with Gasteiger partial charge in [-0.15, -0.1) is 0 Å². The van der Waals surface area contributed by atoms with E-state index in [-0.39, 0.29) is 12.1 Å². The lowest BCUT2D eigenvalue weighted by atomic mass is 10.1. The van der Waals surface area contributed by atoms with Gasteiger partial charge in [0.2, 0.25) is 0 Å². The monoisotopic (exact) mass is 367 g/mol. The molecule has 2 amide bonds. The van der Waals surface area contributed by atoms with Crippen LogP contribution in [0.3, 0.4) is 0 Å². The van der Waals surface area contributed by atoms with Crippen molar-refractivity contribution in [3.05, 3.63) is 65.7 Å². The standard InChI is InChI=1S/C22H29N3O2/c1-18(20-8-10-21(27-2)11-9-20)23-22(26)25-16-14-24(15-17-25)13-12-19-6-4-3-5-7-19/h3-11,18H,12-17H2,1-2H3,(H,23,26). The summed E-state index contributed by atoms with van der Waals surface area (Å²) in [6.45, 7) is 6.46. The molecule has 1 aliphatic heterocycles. The van der Waals surface area contributed by atoms with E-state index in [0.29, 0.717) is 0 Å². The van der Waals surface area contributed by atoms with E-state index >= 15 is 0 Å². The molecule has 0 bridgehead atoms.